The third-order valence-electron chi connectivity index (χ3n) is 4.47. The molecular formula is C14H24N4O. The van der Waals surface area contributed by atoms with Crippen molar-refractivity contribution in [1.29, 1.82) is 0 Å². The van der Waals surface area contributed by atoms with E-state index in [9.17, 15) is 0 Å². The zero-order valence-corrected chi connectivity index (χ0v) is 11.9. The zero-order valence-electron chi connectivity index (χ0n) is 11.9. The van der Waals surface area contributed by atoms with E-state index in [1.807, 2.05) is 0 Å². The number of hydrogen-bond donors (Lipinski definition) is 1. The van der Waals surface area contributed by atoms with Crippen LogP contribution < -0.4 is 5.32 Å². The van der Waals surface area contributed by atoms with Crippen LogP contribution in [0.3, 0.4) is 0 Å². The van der Waals surface area contributed by atoms with Crippen LogP contribution in [0.15, 0.2) is 10.9 Å². The van der Waals surface area contributed by atoms with Gasteiger partial charge in [-0.1, -0.05) is 19.0 Å². The quantitative estimate of drug-likeness (QED) is 0.869. The molecule has 2 fully saturated rings. The normalized spacial score (nSPS) is 29.0. The maximum atomic E-state index is 5.10. The van der Waals surface area contributed by atoms with Crippen molar-refractivity contribution >= 4 is 0 Å². The SMILES string of the molecule is CC(C)C1CNC(C2CC2)CN1CCc1ncno1. The Morgan fingerprint density at radius 3 is 2.95 bits per heavy atom. The Bertz CT molecular complexity index is 388. The molecule has 0 radical (unpaired) electrons. The number of piperazine rings is 1. The fraction of sp³-hybridized carbons (Fsp3) is 0.857. The van der Waals surface area contributed by atoms with E-state index in [1.165, 1.54) is 25.7 Å². The van der Waals surface area contributed by atoms with Crippen molar-refractivity contribution in [3.8, 4) is 0 Å². The molecule has 0 spiro atoms. The largest absolute Gasteiger partial charge is 0.340 e. The van der Waals surface area contributed by atoms with Crippen LogP contribution in [0, 0.1) is 11.8 Å². The highest BCUT2D eigenvalue weighted by molar-refractivity contribution is 4.95. The number of nitrogens with one attached hydrogen (secondary N) is 1. The van der Waals surface area contributed by atoms with Crippen molar-refractivity contribution in [2.24, 2.45) is 11.8 Å². The first-order valence-electron chi connectivity index (χ1n) is 7.47. The molecule has 3 rings (SSSR count). The molecule has 106 valence electrons. The molecule has 1 N–H and O–H groups in total. The maximum absolute atomic E-state index is 5.10. The highest BCUT2D eigenvalue weighted by Gasteiger charge is 2.37. The third-order valence-corrected chi connectivity index (χ3v) is 4.47. The molecular weight excluding hydrogens is 240 g/mol. The van der Waals surface area contributed by atoms with Crippen LogP contribution in [-0.4, -0.2) is 46.8 Å². The summed E-state index contributed by atoms with van der Waals surface area (Å²) in [5, 5.41) is 7.42. The lowest BCUT2D eigenvalue weighted by molar-refractivity contribution is 0.0911. The van der Waals surface area contributed by atoms with Crippen molar-refractivity contribution in [3.63, 3.8) is 0 Å². The molecule has 19 heavy (non-hydrogen) atoms. The highest BCUT2D eigenvalue weighted by Crippen LogP contribution is 2.34. The summed E-state index contributed by atoms with van der Waals surface area (Å²) in [4.78, 5) is 6.74. The molecule has 0 amide bonds. The molecule has 2 atom stereocenters. The molecule has 2 heterocycles. The van der Waals surface area contributed by atoms with Gasteiger partial charge in [-0.3, -0.25) is 4.90 Å². The monoisotopic (exact) mass is 264 g/mol. The summed E-state index contributed by atoms with van der Waals surface area (Å²) >= 11 is 0. The summed E-state index contributed by atoms with van der Waals surface area (Å²) < 4.78 is 5.10. The van der Waals surface area contributed by atoms with Gasteiger partial charge in [0.1, 0.15) is 0 Å². The van der Waals surface area contributed by atoms with E-state index in [0.29, 0.717) is 18.0 Å². The van der Waals surface area contributed by atoms with E-state index in [-0.39, 0.29) is 0 Å². The predicted octanol–water partition coefficient (Wildman–Crippen LogP) is 1.32. The lowest BCUT2D eigenvalue weighted by atomic mass is 9.97. The molecule has 2 aliphatic rings. The van der Waals surface area contributed by atoms with Gasteiger partial charge < -0.3 is 9.84 Å². The van der Waals surface area contributed by atoms with E-state index >= 15 is 0 Å². The van der Waals surface area contributed by atoms with Gasteiger partial charge >= 0.3 is 0 Å². The molecule has 2 unspecified atom stereocenters. The van der Waals surface area contributed by atoms with Crippen LogP contribution in [0.4, 0.5) is 0 Å². The molecule has 1 aliphatic heterocycles. The van der Waals surface area contributed by atoms with E-state index in [0.717, 1.165) is 31.3 Å². The van der Waals surface area contributed by atoms with Gasteiger partial charge in [-0.05, 0) is 24.7 Å². The zero-order chi connectivity index (χ0) is 13.2. The summed E-state index contributed by atoms with van der Waals surface area (Å²) in [6.45, 7) is 7.92. The smallest absolute Gasteiger partial charge is 0.227 e. The molecule has 5 nitrogen and oxygen atoms in total. The Kier molecular flexibility index (Phi) is 3.84. The fourth-order valence-electron chi connectivity index (χ4n) is 3.13. The summed E-state index contributed by atoms with van der Waals surface area (Å²) in [6.07, 6.45) is 5.16. The molecule has 1 saturated heterocycles. The summed E-state index contributed by atoms with van der Waals surface area (Å²) in [7, 11) is 0. The second kappa shape index (κ2) is 5.59. The topological polar surface area (TPSA) is 54.2 Å². The highest BCUT2D eigenvalue weighted by atomic mass is 16.5. The first kappa shape index (κ1) is 13.1. The van der Waals surface area contributed by atoms with Gasteiger partial charge in [0.2, 0.25) is 5.89 Å². The van der Waals surface area contributed by atoms with Crippen LogP contribution >= 0.6 is 0 Å². The summed E-state index contributed by atoms with van der Waals surface area (Å²) in [5.41, 5.74) is 0. The van der Waals surface area contributed by atoms with Gasteiger partial charge in [0.05, 0.1) is 0 Å². The number of hydrogen-bond acceptors (Lipinski definition) is 5. The molecule has 1 aromatic rings. The van der Waals surface area contributed by atoms with Crippen molar-refractivity contribution in [2.45, 2.75) is 45.2 Å². The number of rotatable bonds is 5. The molecule has 1 aliphatic carbocycles. The first-order chi connectivity index (χ1) is 9.24. The minimum Gasteiger partial charge on any atom is -0.340 e. The van der Waals surface area contributed by atoms with E-state index in [2.05, 4.69) is 34.2 Å². The Hall–Kier alpha value is -0.940. The Labute approximate surface area is 114 Å². The minimum atomic E-state index is 0.623. The average Bonchev–Trinajstić information content (AvgIpc) is 3.13. The van der Waals surface area contributed by atoms with Gasteiger partial charge in [0.25, 0.3) is 0 Å². The van der Waals surface area contributed by atoms with Crippen LogP contribution in [0.2, 0.25) is 0 Å². The number of aromatic nitrogens is 2. The number of nitrogens with zero attached hydrogens (tertiary/aromatic N) is 3. The van der Waals surface area contributed by atoms with Gasteiger partial charge in [-0.2, -0.15) is 4.98 Å². The standard InChI is InChI=1S/C14H24N4O/c1-10(2)13-7-15-12(11-3-4-11)8-18(13)6-5-14-16-9-17-19-14/h9-13,15H,3-8H2,1-2H3. The molecule has 1 saturated carbocycles. The molecule has 0 bridgehead atoms. The lowest BCUT2D eigenvalue weighted by Crippen LogP contribution is -2.59. The first-order valence-corrected chi connectivity index (χ1v) is 7.47. The molecule has 1 aromatic heterocycles. The molecule has 5 heteroatoms. The van der Waals surface area contributed by atoms with E-state index in [1.54, 1.807) is 0 Å². The van der Waals surface area contributed by atoms with Crippen molar-refractivity contribution in [1.82, 2.24) is 20.4 Å². The Balaban J connectivity index is 1.59. The van der Waals surface area contributed by atoms with Crippen LogP contribution in [0.25, 0.3) is 0 Å². The van der Waals surface area contributed by atoms with Crippen molar-refractivity contribution in [3.05, 3.63) is 12.2 Å². The summed E-state index contributed by atoms with van der Waals surface area (Å²) in [6, 6.07) is 1.32. The summed E-state index contributed by atoms with van der Waals surface area (Å²) in [5.74, 6) is 2.35. The Morgan fingerprint density at radius 1 is 1.47 bits per heavy atom. The Morgan fingerprint density at radius 2 is 2.32 bits per heavy atom. The van der Waals surface area contributed by atoms with Crippen LogP contribution in [-0.2, 0) is 6.42 Å². The van der Waals surface area contributed by atoms with Crippen molar-refractivity contribution in [2.75, 3.05) is 19.6 Å². The van der Waals surface area contributed by atoms with Crippen LogP contribution in [0.5, 0.6) is 0 Å². The second-order valence-electron chi connectivity index (χ2n) is 6.24. The third kappa shape index (κ3) is 3.15. The van der Waals surface area contributed by atoms with Gasteiger partial charge in [-0.25, -0.2) is 0 Å². The fourth-order valence-corrected chi connectivity index (χ4v) is 3.13. The minimum absolute atomic E-state index is 0.623. The maximum Gasteiger partial charge on any atom is 0.227 e. The van der Waals surface area contributed by atoms with Gasteiger partial charge in [-0.15, -0.1) is 0 Å². The van der Waals surface area contributed by atoms with E-state index in [4.69, 9.17) is 4.52 Å². The average molecular weight is 264 g/mol. The predicted molar refractivity (Wildman–Crippen MR) is 72.7 cm³/mol. The molecule has 0 aromatic carbocycles. The van der Waals surface area contributed by atoms with Gasteiger partial charge in [0.15, 0.2) is 6.33 Å². The lowest BCUT2D eigenvalue weighted by Gasteiger charge is -2.42. The van der Waals surface area contributed by atoms with Crippen LogP contribution in [0.1, 0.15) is 32.6 Å². The van der Waals surface area contributed by atoms with Crippen molar-refractivity contribution < 1.29 is 4.52 Å². The van der Waals surface area contributed by atoms with E-state index < -0.39 is 0 Å². The van der Waals surface area contributed by atoms with Gasteiger partial charge in [0, 0.05) is 38.1 Å². The second-order valence-corrected chi connectivity index (χ2v) is 6.24.